The maximum atomic E-state index is 12.4. The first-order valence-corrected chi connectivity index (χ1v) is 8.24. The van der Waals surface area contributed by atoms with Crippen LogP contribution in [-0.2, 0) is 14.2 Å². The van der Waals surface area contributed by atoms with E-state index in [9.17, 15) is 9.59 Å². The molecule has 1 aliphatic rings. The summed E-state index contributed by atoms with van der Waals surface area (Å²) in [7, 11) is 2.95. The van der Waals surface area contributed by atoms with Gasteiger partial charge in [0.2, 0.25) is 0 Å². The Bertz CT molecular complexity index is 633. The minimum atomic E-state index is -0.599. The van der Waals surface area contributed by atoms with Crippen molar-refractivity contribution in [1.82, 2.24) is 0 Å². The van der Waals surface area contributed by atoms with Crippen molar-refractivity contribution in [3.8, 4) is 0 Å². The molecule has 0 N–H and O–H groups in total. The van der Waals surface area contributed by atoms with Gasteiger partial charge in [-0.05, 0) is 39.0 Å². The fourth-order valence-electron chi connectivity index (χ4n) is 2.46. The third kappa shape index (κ3) is 5.09. The molecule has 1 fully saturated rings. The van der Waals surface area contributed by atoms with E-state index in [0.29, 0.717) is 24.5 Å². The maximum absolute atomic E-state index is 12.4. The van der Waals surface area contributed by atoms with E-state index < -0.39 is 17.7 Å². The molecule has 2 rings (SSSR count). The Kier molecular flexibility index (Phi) is 5.89. The first-order chi connectivity index (χ1) is 11.7. The van der Waals surface area contributed by atoms with E-state index in [-0.39, 0.29) is 0 Å². The van der Waals surface area contributed by atoms with Crippen LogP contribution in [0, 0.1) is 0 Å². The number of morpholine rings is 1. The van der Waals surface area contributed by atoms with Gasteiger partial charge in [0, 0.05) is 31.5 Å². The summed E-state index contributed by atoms with van der Waals surface area (Å²) in [5, 5.41) is 0. The number of ether oxygens (including phenoxy) is 3. The first kappa shape index (κ1) is 19.1. The van der Waals surface area contributed by atoms with Gasteiger partial charge in [0.25, 0.3) is 0 Å². The van der Waals surface area contributed by atoms with Crippen molar-refractivity contribution < 1.29 is 23.8 Å². The van der Waals surface area contributed by atoms with E-state index in [1.165, 1.54) is 12.0 Å². The minimum Gasteiger partial charge on any atom is -0.465 e. The second kappa shape index (κ2) is 7.74. The summed E-state index contributed by atoms with van der Waals surface area (Å²) in [6.45, 7) is 8.12. The Morgan fingerprint density at radius 1 is 1.16 bits per heavy atom. The summed E-state index contributed by atoms with van der Waals surface area (Å²) in [6, 6.07) is 5.25. The van der Waals surface area contributed by atoms with Gasteiger partial charge in [-0.3, -0.25) is 4.90 Å². The Morgan fingerprint density at radius 2 is 1.80 bits per heavy atom. The van der Waals surface area contributed by atoms with Crippen molar-refractivity contribution in [2.24, 2.45) is 0 Å². The van der Waals surface area contributed by atoms with Crippen LogP contribution in [0.25, 0.3) is 0 Å². The second-order valence-corrected chi connectivity index (χ2v) is 6.87. The molecular weight excluding hydrogens is 324 g/mol. The van der Waals surface area contributed by atoms with Crippen LogP contribution in [-0.4, -0.2) is 58.1 Å². The van der Waals surface area contributed by atoms with Crippen LogP contribution in [0.1, 0.15) is 31.1 Å². The molecule has 0 saturated carbocycles. The third-order valence-corrected chi connectivity index (χ3v) is 3.75. The number of rotatable bonds is 3. The zero-order valence-corrected chi connectivity index (χ0v) is 15.5. The largest absolute Gasteiger partial charge is 0.465 e. The smallest absolute Gasteiger partial charge is 0.414 e. The molecule has 0 bridgehead atoms. The monoisotopic (exact) mass is 350 g/mol. The summed E-state index contributed by atoms with van der Waals surface area (Å²) >= 11 is 0. The SMILES string of the molecule is COC(=O)c1cc(N2CCOCC2)cc(N(C)C(=O)OC(C)(C)C)c1. The van der Waals surface area contributed by atoms with Crippen molar-refractivity contribution in [2.75, 3.05) is 50.3 Å². The highest BCUT2D eigenvalue weighted by molar-refractivity contribution is 5.95. The van der Waals surface area contributed by atoms with Crippen molar-refractivity contribution >= 4 is 23.4 Å². The van der Waals surface area contributed by atoms with E-state index in [0.717, 1.165) is 18.8 Å². The lowest BCUT2D eigenvalue weighted by molar-refractivity contribution is 0.0580. The van der Waals surface area contributed by atoms with Gasteiger partial charge in [0.15, 0.2) is 0 Å². The zero-order chi connectivity index (χ0) is 18.6. The maximum Gasteiger partial charge on any atom is 0.414 e. The molecule has 0 aromatic heterocycles. The average Bonchev–Trinajstić information content (AvgIpc) is 2.59. The van der Waals surface area contributed by atoms with E-state index in [1.54, 1.807) is 19.2 Å². The van der Waals surface area contributed by atoms with Crippen LogP contribution < -0.4 is 9.80 Å². The van der Waals surface area contributed by atoms with E-state index >= 15 is 0 Å². The van der Waals surface area contributed by atoms with Crippen molar-refractivity contribution in [2.45, 2.75) is 26.4 Å². The molecule has 7 nitrogen and oxygen atoms in total. The lowest BCUT2D eigenvalue weighted by atomic mass is 10.1. The van der Waals surface area contributed by atoms with Gasteiger partial charge in [-0.2, -0.15) is 0 Å². The van der Waals surface area contributed by atoms with Gasteiger partial charge in [-0.1, -0.05) is 0 Å². The molecule has 1 aromatic carbocycles. The van der Waals surface area contributed by atoms with E-state index in [1.807, 2.05) is 26.8 Å². The lowest BCUT2D eigenvalue weighted by Crippen LogP contribution is -2.37. The molecule has 0 spiro atoms. The highest BCUT2D eigenvalue weighted by atomic mass is 16.6. The third-order valence-electron chi connectivity index (χ3n) is 3.75. The van der Waals surface area contributed by atoms with Gasteiger partial charge in [-0.25, -0.2) is 9.59 Å². The van der Waals surface area contributed by atoms with Crippen molar-refractivity contribution in [3.63, 3.8) is 0 Å². The molecule has 1 aliphatic heterocycles. The number of hydrogen-bond donors (Lipinski definition) is 0. The number of anilines is 2. The number of nitrogens with zero attached hydrogens (tertiary/aromatic N) is 2. The van der Waals surface area contributed by atoms with Gasteiger partial charge in [0.05, 0.1) is 25.9 Å². The Labute approximate surface area is 148 Å². The Morgan fingerprint density at radius 3 is 2.36 bits per heavy atom. The fourth-order valence-corrected chi connectivity index (χ4v) is 2.46. The number of esters is 1. The number of hydrogen-bond acceptors (Lipinski definition) is 6. The van der Waals surface area contributed by atoms with E-state index in [2.05, 4.69) is 4.90 Å². The molecule has 0 atom stereocenters. The van der Waals surface area contributed by atoms with Gasteiger partial charge in [0.1, 0.15) is 5.60 Å². The average molecular weight is 350 g/mol. The number of benzene rings is 1. The van der Waals surface area contributed by atoms with E-state index in [4.69, 9.17) is 14.2 Å². The Hall–Kier alpha value is -2.28. The van der Waals surface area contributed by atoms with Crippen LogP contribution >= 0.6 is 0 Å². The highest BCUT2D eigenvalue weighted by Crippen LogP contribution is 2.27. The first-order valence-electron chi connectivity index (χ1n) is 8.24. The number of methoxy groups -OCH3 is 1. The molecule has 1 aromatic rings. The van der Waals surface area contributed by atoms with Gasteiger partial charge >= 0.3 is 12.1 Å². The molecule has 0 unspecified atom stereocenters. The summed E-state index contributed by atoms with van der Waals surface area (Å²) in [4.78, 5) is 27.9. The highest BCUT2D eigenvalue weighted by Gasteiger charge is 2.23. The molecule has 1 amide bonds. The molecule has 0 aliphatic carbocycles. The standard InChI is InChI=1S/C18H26N2O5/c1-18(2,3)25-17(22)19(4)14-10-13(16(21)23-5)11-15(12-14)20-6-8-24-9-7-20/h10-12H,6-9H2,1-5H3. The quantitative estimate of drug-likeness (QED) is 0.781. The van der Waals surface area contributed by atoms with Crippen LogP contribution in [0.5, 0.6) is 0 Å². The number of amides is 1. The van der Waals surface area contributed by atoms with Crippen LogP contribution in [0.15, 0.2) is 18.2 Å². The molecular formula is C18H26N2O5. The van der Waals surface area contributed by atoms with Crippen LogP contribution in [0.4, 0.5) is 16.2 Å². The molecule has 0 radical (unpaired) electrons. The van der Waals surface area contributed by atoms with Crippen molar-refractivity contribution in [1.29, 1.82) is 0 Å². The second-order valence-electron chi connectivity index (χ2n) is 6.87. The Balaban J connectivity index is 2.35. The normalized spacial score (nSPS) is 14.8. The molecule has 7 heteroatoms. The van der Waals surface area contributed by atoms with Gasteiger partial charge in [-0.15, -0.1) is 0 Å². The predicted molar refractivity (Wildman–Crippen MR) is 95.5 cm³/mol. The summed E-state index contributed by atoms with van der Waals surface area (Å²) < 4.78 is 15.6. The predicted octanol–water partition coefficient (Wildman–Crippen LogP) is 2.68. The van der Waals surface area contributed by atoms with Crippen LogP contribution in [0.3, 0.4) is 0 Å². The molecule has 138 valence electrons. The van der Waals surface area contributed by atoms with Gasteiger partial charge < -0.3 is 19.1 Å². The fraction of sp³-hybridized carbons (Fsp3) is 0.556. The minimum absolute atomic E-state index is 0.386. The zero-order valence-electron chi connectivity index (χ0n) is 15.5. The van der Waals surface area contributed by atoms with Crippen molar-refractivity contribution in [3.05, 3.63) is 23.8 Å². The summed E-state index contributed by atoms with van der Waals surface area (Å²) in [6.07, 6.45) is -0.484. The summed E-state index contributed by atoms with van der Waals surface area (Å²) in [5.41, 5.74) is 1.20. The van der Waals surface area contributed by atoms with Crippen LogP contribution in [0.2, 0.25) is 0 Å². The summed E-state index contributed by atoms with van der Waals surface area (Å²) in [5.74, 6) is -0.450. The topological polar surface area (TPSA) is 68.3 Å². The number of carbonyl (C=O) groups excluding carboxylic acids is 2. The lowest BCUT2D eigenvalue weighted by Gasteiger charge is -2.30. The molecule has 25 heavy (non-hydrogen) atoms. The number of carbonyl (C=O) groups is 2. The molecule has 1 saturated heterocycles. The molecule has 1 heterocycles.